The van der Waals surface area contributed by atoms with Crippen LogP contribution in [0.25, 0.3) is 0 Å². The molecule has 0 saturated carbocycles. The number of non-ortho nitro benzene ring substituents is 1. The van der Waals surface area contributed by atoms with Crippen molar-refractivity contribution in [2.75, 3.05) is 7.11 Å². The first-order chi connectivity index (χ1) is 11.0. The van der Waals surface area contributed by atoms with Gasteiger partial charge in [-0.1, -0.05) is 28.1 Å². The molecule has 0 aromatic heterocycles. The minimum absolute atomic E-state index is 0.0473. The normalized spacial score (nSPS) is 10.5. The number of amides is 1. The summed E-state index contributed by atoms with van der Waals surface area (Å²) in [7, 11) is 1.46. The van der Waals surface area contributed by atoms with Gasteiger partial charge in [0.05, 0.1) is 23.8 Å². The van der Waals surface area contributed by atoms with Gasteiger partial charge in [0.15, 0.2) is 0 Å². The van der Waals surface area contributed by atoms with Crippen LogP contribution in [0.1, 0.15) is 15.9 Å². The lowest BCUT2D eigenvalue weighted by atomic mass is 10.2. The van der Waals surface area contributed by atoms with Crippen molar-refractivity contribution in [1.82, 2.24) is 5.43 Å². The van der Waals surface area contributed by atoms with Crippen LogP contribution in [0.4, 0.5) is 5.69 Å². The molecule has 0 radical (unpaired) electrons. The van der Waals surface area contributed by atoms with Crippen LogP contribution in [0, 0.1) is 10.1 Å². The molecule has 0 aliphatic heterocycles. The van der Waals surface area contributed by atoms with Crippen LogP contribution in [-0.2, 0) is 0 Å². The van der Waals surface area contributed by atoms with E-state index < -0.39 is 10.8 Å². The Bertz CT molecular complexity index is 777. The maximum Gasteiger partial charge on any atom is 0.275 e. The average molecular weight is 378 g/mol. The van der Waals surface area contributed by atoms with E-state index in [0.29, 0.717) is 16.9 Å². The highest BCUT2D eigenvalue weighted by Gasteiger charge is 2.12. The number of hydrazone groups is 1. The topological polar surface area (TPSA) is 93.8 Å². The van der Waals surface area contributed by atoms with Crippen LogP contribution in [0.15, 0.2) is 52.0 Å². The lowest BCUT2D eigenvalue weighted by Gasteiger charge is -2.07. The van der Waals surface area contributed by atoms with Crippen molar-refractivity contribution in [3.8, 4) is 5.75 Å². The van der Waals surface area contributed by atoms with Gasteiger partial charge in [-0.3, -0.25) is 14.9 Å². The third kappa shape index (κ3) is 4.36. The predicted molar refractivity (Wildman–Crippen MR) is 88.9 cm³/mol. The molecule has 118 valence electrons. The van der Waals surface area contributed by atoms with Crippen molar-refractivity contribution in [1.29, 1.82) is 0 Å². The Kier molecular flexibility index (Phi) is 5.42. The van der Waals surface area contributed by atoms with Gasteiger partial charge in [0.1, 0.15) is 5.75 Å². The van der Waals surface area contributed by atoms with Crippen LogP contribution in [0.2, 0.25) is 0 Å². The number of carbonyl (C=O) groups excluding carboxylic acids is 1. The number of hydrogen-bond donors (Lipinski definition) is 1. The van der Waals surface area contributed by atoms with Crippen LogP contribution in [0.3, 0.4) is 0 Å². The number of nitro benzene ring substituents is 1. The van der Waals surface area contributed by atoms with E-state index in [4.69, 9.17) is 4.74 Å². The van der Waals surface area contributed by atoms with Crippen LogP contribution in [0.5, 0.6) is 5.75 Å². The van der Waals surface area contributed by atoms with Gasteiger partial charge < -0.3 is 4.74 Å². The molecular weight excluding hydrogens is 366 g/mol. The van der Waals surface area contributed by atoms with Crippen LogP contribution in [-0.4, -0.2) is 24.2 Å². The Hall–Kier alpha value is -2.74. The number of carbonyl (C=O) groups is 1. The van der Waals surface area contributed by atoms with E-state index in [-0.39, 0.29) is 5.69 Å². The molecule has 2 aromatic carbocycles. The zero-order valence-corrected chi connectivity index (χ0v) is 13.6. The summed E-state index contributed by atoms with van der Waals surface area (Å²) in [6, 6.07) is 10.9. The maximum atomic E-state index is 12.1. The van der Waals surface area contributed by atoms with Crippen molar-refractivity contribution in [2.24, 2.45) is 5.10 Å². The first-order valence-electron chi connectivity index (χ1n) is 6.42. The largest absolute Gasteiger partial charge is 0.496 e. The van der Waals surface area contributed by atoms with Crippen molar-refractivity contribution in [2.45, 2.75) is 0 Å². The first kappa shape index (κ1) is 16.6. The molecule has 7 nitrogen and oxygen atoms in total. The molecule has 2 aromatic rings. The van der Waals surface area contributed by atoms with Crippen molar-refractivity contribution in [3.63, 3.8) is 0 Å². The number of hydrogen-bond acceptors (Lipinski definition) is 5. The molecule has 1 amide bonds. The molecule has 0 unspecified atom stereocenters. The van der Waals surface area contributed by atoms with Gasteiger partial charge in [-0.15, -0.1) is 0 Å². The van der Waals surface area contributed by atoms with Crippen LogP contribution >= 0.6 is 15.9 Å². The van der Waals surface area contributed by atoms with Gasteiger partial charge in [0.2, 0.25) is 0 Å². The summed E-state index contributed by atoms with van der Waals surface area (Å²) >= 11 is 3.28. The van der Waals surface area contributed by atoms with Gasteiger partial charge >= 0.3 is 0 Å². The Labute approximate surface area is 140 Å². The number of ether oxygens (including phenoxy) is 1. The zero-order valence-electron chi connectivity index (χ0n) is 12.0. The molecule has 0 bridgehead atoms. The van der Waals surface area contributed by atoms with E-state index in [0.717, 1.165) is 4.47 Å². The quantitative estimate of drug-likeness (QED) is 0.491. The fraction of sp³-hybridized carbons (Fsp3) is 0.0667. The molecule has 8 heteroatoms. The number of benzene rings is 2. The van der Waals surface area contributed by atoms with E-state index in [2.05, 4.69) is 26.5 Å². The zero-order chi connectivity index (χ0) is 16.8. The Morgan fingerprint density at radius 3 is 2.83 bits per heavy atom. The summed E-state index contributed by atoms with van der Waals surface area (Å²) in [5.74, 6) is -0.0407. The average Bonchev–Trinajstić information content (AvgIpc) is 2.55. The standard InChI is InChI=1S/C15H12BrN3O4/c1-23-14-6-5-11(16)8-13(14)15(20)18-17-9-10-3-2-4-12(7-10)19(21)22/h2-9H,1H3,(H,18,20)/b17-9+. The summed E-state index contributed by atoms with van der Waals surface area (Å²) in [5.41, 5.74) is 3.13. The highest BCUT2D eigenvalue weighted by Crippen LogP contribution is 2.22. The lowest BCUT2D eigenvalue weighted by molar-refractivity contribution is -0.384. The van der Waals surface area contributed by atoms with Gasteiger partial charge in [0.25, 0.3) is 11.6 Å². The lowest BCUT2D eigenvalue weighted by Crippen LogP contribution is -2.18. The number of halogens is 1. The first-order valence-corrected chi connectivity index (χ1v) is 7.22. The van der Waals surface area contributed by atoms with Gasteiger partial charge in [-0.25, -0.2) is 5.43 Å². The third-order valence-corrected chi connectivity index (χ3v) is 3.36. The summed E-state index contributed by atoms with van der Waals surface area (Å²) < 4.78 is 5.85. The van der Waals surface area contributed by atoms with Gasteiger partial charge in [0, 0.05) is 22.2 Å². The minimum Gasteiger partial charge on any atom is -0.496 e. The summed E-state index contributed by atoms with van der Waals surface area (Å²) in [6.07, 6.45) is 1.33. The number of methoxy groups -OCH3 is 1. The maximum absolute atomic E-state index is 12.1. The summed E-state index contributed by atoms with van der Waals surface area (Å²) in [4.78, 5) is 22.3. The van der Waals surface area contributed by atoms with E-state index in [1.165, 1.54) is 25.5 Å². The fourth-order valence-electron chi connectivity index (χ4n) is 1.80. The smallest absolute Gasteiger partial charge is 0.275 e. The van der Waals surface area contributed by atoms with Gasteiger partial charge in [-0.2, -0.15) is 5.10 Å². The fourth-order valence-corrected chi connectivity index (χ4v) is 2.16. The predicted octanol–water partition coefficient (Wildman–Crippen LogP) is 3.13. The van der Waals surface area contributed by atoms with E-state index in [1.54, 1.807) is 30.3 Å². The molecule has 0 fully saturated rings. The molecule has 0 spiro atoms. The van der Waals surface area contributed by atoms with Crippen molar-refractivity contribution >= 4 is 33.7 Å². The minimum atomic E-state index is -0.498. The molecule has 0 saturated heterocycles. The summed E-state index contributed by atoms with van der Waals surface area (Å²) in [6.45, 7) is 0. The number of nitro groups is 1. The number of rotatable bonds is 5. The van der Waals surface area contributed by atoms with Crippen LogP contribution < -0.4 is 10.2 Å². The molecule has 0 aliphatic carbocycles. The number of nitrogens with one attached hydrogen (secondary N) is 1. The molecule has 23 heavy (non-hydrogen) atoms. The van der Waals surface area contributed by atoms with E-state index >= 15 is 0 Å². The van der Waals surface area contributed by atoms with E-state index in [1.807, 2.05) is 0 Å². The molecule has 0 heterocycles. The molecule has 0 atom stereocenters. The number of nitrogens with zero attached hydrogens (tertiary/aromatic N) is 2. The molecule has 2 rings (SSSR count). The summed E-state index contributed by atoms with van der Waals surface area (Å²) in [5, 5.41) is 14.5. The molecular formula is C15H12BrN3O4. The Morgan fingerprint density at radius 2 is 2.13 bits per heavy atom. The van der Waals surface area contributed by atoms with Crippen molar-refractivity contribution in [3.05, 3.63) is 68.2 Å². The second-order valence-electron chi connectivity index (χ2n) is 4.40. The van der Waals surface area contributed by atoms with Crippen molar-refractivity contribution < 1.29 is 14.5 Å². The monoisotopic (exact) mass is 377 g/mol. The molecule has 1 N–H and O–H groups in total. The van der Waals surface area contributed by atoms with E-state index in [9.17, 15) is 14.9 Å². The SMILES string of the molecule is COc1ccc(Br)cc1C(=O)N/N=C/c1cccc([N+](=O)[O-])c1. The van der Waals surface area contributed by atoms with Gasteiger partial charge in [-0.05, 0) is 18.2 Å². The second kappa shape index (κ2) is 7.50. The highest BCUT2D eigenvalue weighted by atomic mass is 79.9. The Morgan fingerprint density at radius 1 is 1.35 bits per heavy atom. The highest BCUT2D eigenvalue weighted by molar-refractivity contribution is 9.10. The Balaban J connectivity index is 2.11. The second-order valence-corrected chi connectivity index (χ2v) is 5.31. The molecule has 0 aliphatic rings. The third-order valence-electron chi connectivity index (χ3n) is 2.87.